The summed E-state index contributed by atoms with van der Waals surface area (Å²) < 4.78 is 1.65. The van der Waals surface area contributed by atoms with E-state index in [4.69, 9.17) is 0 Å². The van der Waals surface area contributed by atoms with Crippen LogP contribution in [0.25, 0.3) is 5.69 Å². The van der Waals surface area contributed by atoms with Crippen molar-refractivity contribution in [2.75, 3.05) is 5.75 Å². The Morgan fingerprint density at radius 2 is 2.09 bits per heavy atom. The Kier molecular flexibility index (Phi) is 4.29. The Bertz CT molecular complexity index is 852. The molecule has 2 aromatic heterocycles. The van der Waals surface area contributed by atoms with Crippen LogP contribution in [0.3, 0.4) is 0 Å². The van der Waals surface area contributed by atoms with Gasteiger partial charge in [-0.25, -0.2) is 0 Å². The first-order valence-corrected chi connectivity index (χ1v) is 8.21. The molecule has 3 aromatic rings. The average molecular weight is 327 g/mol. The van der Waals surface area contributed by atoms with Gasteiger partial charge in [-0.15, -0.1) is 5.10 Å². The summed E-state index contributed by atoms with van der Waals surface area (Å²) in [5.41, 5.74) is 4.62. The van der Waals surface area contributed by atoms with Gasteiger partial charge in [-0.3, -0.25) is 4.79 Å². The molecule has 0 amide bonds. The SMILES string of the molecule is Cc1cccc(-n2nnnc2SCC(=O)c2cc(C)[nH]c2C)c1. The van der Waals surface area contributed by atoms with Crippen LogP contribution in [0.2, 0.25) is 0 Å². The van der Waals surface area contributed by atoms with Gasteiger partial charge in [0.1, 0.15) is 0 Å². The number of carbonyl (C=O) groups excluding carboxylic acids is 1. The third-order valence-electron chi connectivity index (χ3n) is 3.47. The molecular formula is C16H17N5OS. The highest BCUT2D eigenvalue weighted by Gasteiger charge is 2.15. The highest BCUT2D eigenvalue weighted by Crippen LogP contribution is 2.21. The lowest BCUT2D eigenvalue weighted by Gasteiger charge is -2.04. The Labute approximate surface area is 138 Å². The zero-order chi connectivity index (χ0) is 16.4. The van der Waals surface area contributed by atoms with Crippen molar-refractivity contribution in [3.05, 3.63) is 52.8 Å². The number of aryl methyl sites for hydroxylation is 3. The number of benzene rings is 1. The Hall–Kier alpha value is -2.41. The van der Waals surface area contributed by atoms with E-state index in [1.807, 2.05) is 51.1 Å². The second-order valence-corrected chi connectivity index (χ2v) is 6.36. The lowest BCUT2D eigenvalue weighted by molar-refractivity contribution is 0.102. The van der Waals surface area contributed by atoms with E-state index < -0.39 is 0 Å². The van der Waals surface area contributed by atoms with Gasteiger partial charge in [0, 0.05) is 17.0 Å². The largest absolute Gasteiger partial charge is 0.362 e. The number of hydrogen-bond donors (Lipinski definition) is 1. The molecule has 0 aliphatic carbocycles. The number of ketones is 1. The molecule has 0 radical (unpaired) electrons. The summed E-state index contributed by atoms with van der Waals surface area (Å²) in [6, 6.07) is 9.79. The summed E-state index contributed by atoms with van der Waals surface area (Å²) in [5.74, 6) is 0.361. The lowest BCUT2D eigenvalue weighted by atomic mass is 10.2. The molecule has 0 atom stereocenters. The number of nitrogens with one attached hydrogen (secondary N) is 1. The Morgan fingerprint density at radius 3 is 2.78 bits per heavy atom. The van der Waals surface area contributed by atoms with E-state index in [0.717, 1.165) is 28.2 Å². The first-order chi connectivity index (χ1) is 11.0. The van der Waals surface area contributed by atoms with Gasteiger partial charge in [-0.05, 0) is 55.0 Å². The molecule has 0 saturated heterocycles. The van der Waals surface area contributed by atoms with Crippen molar-refractivity contribution in [2.45, 2.75) is 25.9 Å². The number of aromatic amines is 1. The molecule has 23 heavy (non-hydrogen) atoms. The maximum atomic E-state index is 12.4. The number of rotatable bonds is 5. The minimum absolute atomic E-state index is 0.0654. The monoisotopic (exact) mass is 327 g/mol. The first kappa shape index (κ1) is 15.5. The van der Waals surface area contributed by atoms with Gasteiger partial charge in [0.2, 0.25) is 5.16 Å². The van der Waals surface area contributed by atoms with Crippen LogP contribution in [-0.4, -0.2) is 36.7 Å². The zero-order valence-electron chi connectivity index (χ0n) is 13.2. The number of thioether (sulfide) groups is 1. The number of aromatic nitrogens is 5. The average Bonchev–Trinajstić information content (AvgIpc) is 3.11. The lowest BCUT2D eigenvalue weighted by Crippen LogP contribution is -2.05. The van der Waals surface area contributed by atoms with Crippen molar-refractivity contribution >= 4 is 17.5 Å². The van der Waals surface area contributed by atoms with Crippen LogP contribution >= 0.6 is 11.8 Å². The summed E-state index contributed by atoms with van der Waals surface area (Å²) in [5, 5.41) is 12.4. The molecule has 1 N–H and O–H groups in total. The maximum Gasteiger partial charge on any atom is 0.214 e. The van der Waals surface area contributed by atoms with E-state index >= 15 is 0 Å². The van der Waals surface area contributed by atoms with E-state index in [0.29, 0.717) is 10.9 Å². The fourth-order valence-corrected chi connectivity index (χ4v) is 3.19. The van der Waals surface area contributed by atoms with E-state index in [-0.39, 0.29) is 5.78 Å². The fraction of sp³-hybridized carbons (Fsp3) is 0.250. The molecule has 6 nitrogen and oxygen atoms in total. The highest BCUT2D eigenvalue weighted by atomic mass is 32.2. The summed E-state index contributed by atoms with van der Waals surface area (Å²) in [7, 11) is 0. The third-order valence-corrected chi connectivity index (χ3v) is 4.39. The molecule has 0 saturated carbocycles. The van der Waals surface area contributed by atoms with Gasteiger partial charge in [-0.1, -0.05) is 23.9 Å². The molecule has 0 bridgehead atoms. The van der Waals surface area contributed by atoms with Gasteiger partial charge >= 0.3 is 0 Å². The van der Waals surface area contributed by atoms with Crippen LogP contribution in [-0.2, 0) is 0 Å². The molecule has 2 heterocycles. The van der Waals surface area contributed by atoms with E-state index in [1.165, 1.54) is 11.8 Å². The number of nitrogens with zero attached hydrogens (tertiary/aromatic N) is 4. The summed E-state index contributed by atoms with van der Waals surface area (Å²) in [4.78, 5) is 15.5. The van der Waals surface area contributed by atoms with Crippen LogP contribution in [0.5, 0.6) is 0 Å². The third kappa shape index (κ3) is 3.34. The van der Waals surface area contributed by atoms with Crippen LogP contribution in [0.4, 0.5) is 0 Å². The van der Waals surface area contributed by atoms with Crippen molar-refractivity contribution in [3.8, 4) is 5.69 Å². The second-order valence-electron chi connectivity index (χ2n) is 5.42. The summed E-state index contributed by atoms with van der Waals surface area (Å²) in [6.45, 7) is 5.86. The van der Waals surface area contributed by atoms with Crippen LogP contribution < -0.4 is 0 Å². The topological polar surface area (TPSA) is 76.5 Å². The summed E-state index contributed by atoms with van der Waals surface area (Å²) in [6.07, 6.45) is 0. The molecule has 1 aromatic carbocycles. The van der Waals surface area contributed by atoms with Gasteiger partial charge < -0.3 is 4.98 Å². The van der Waals surface area contributed by atoms with Gasteiger partial charge in [0.15, 0.2) is 5.78 Å². The minimum atomic E-state index is 0.0654. The normalized spacial score (nSPS) is 10.9. The van der Waals surface area contributed by atoms with Crippen molar-refractivity contribution in [3.63, 3.8) is 0 Å². The summed E-state index contributed by atoms with van der Waals surface area (Å²) >= 11 is 1.34. The van der Waals surface area contributed by atoms with E-state index in [2.05, 4.69) is 20.5 Å². The second kappa shape index (κ2) is 6.37. The molecule has 118 valence electrons. The van der Waals surface area contributed by atoms with Crippen LogP contribution in [0.15, 0.2) is 35.5 Å². The van der Waals surface area contributed by atoms with E-state index in [9.17, 15) is 4.79 Å². The van der Waals surface area contributed by atoms with Crippen molar-refractivity contribution in [2.24, 2.45) is 0 Å². The minimum Gasteiger partial charge on any atom is -0.362 e. The Morgan fingerprint density at radius 1 is 1.26 bits per heavy atom. The highest BCUT2D eigenvalue weighted by molar-refractivity contribution is 7.99. The maximum absolute atomic E-state index is 12.4. The fourth-order valence-electron chi connectivity index (χ4n) is 2.41. The van der Waals surface area contributed by atoms with Gasteiger partial charge in [-0.2, -0.15) is 4.68 Å². The van der Waals surface area contributed by atoms with Gasteiger partial charge in [0.25, 0.3) is 0 Å². The molecule has 3 rings (SSSR count). The molecular weight excluding hydrogens is 310 g/mol. The standard InChI is InChI=1S/C16H17N5OS/c1-10-5-4-6-13(7-10)21-16(18-19-20-21)23-9-15(22)14-8-11(2)17-12(14)3/h4-8,17H,9H2,1-3H3. The van der Waals surface area contributed by atoms with Crippen molar-refractivity contribution in [1.29, 1.82) is 0 Å². The number of Topliss-reactive ketones (excluding diaryl/α,β-unsaturated/α-hetero) is 1. The predicted molar refractivity (Wildman–Crippen MR) is 89.2 cm³/mol. The molecule has 0 aliphatic heterocycles. The molecule has 0 spiro atoms. The first-order valence-electron chi connectivity index (χ1n) is 7.22. The molecule has 0 aliphatic rings. The number of carbonyl (C=O) groups is 1. The number of H-pyrrole nitrogens is 1. The Balaban J connectivity index is 1.76. The zero-order valence-corrected chi connectivity index (χ0v) is 14.0. The quantitative estimate of drug-likeness (QED) is 0.576. The van der Waals surface area contributed by atoms with Crippen LogP contribution in [0, 0.1) is 20.8 Å². The number of hydrogen-bond acceptors (Lipinski definition) is 5. The molecule has 0 unspecified atom stereocenters. The van der Waals surface area contributed by atoms with Crippen LogP contribution in [0.1, 0.15) is 27.3 Å². The smallest absolute Gasteiger partial charge is 0.214 e. The van der Waals surface area contributed by atoms with Gasteiger partial charge in [0.05, 0.1) is 11.4 Å². The molecule has 7 heteroatoms. The van der Waals surface area contributed by atoms with E-state index in [1.54, 1.807) is 4.68 Å². The number of tetrazole rings is 1. The molecule has 0 fully saturated rings. The predicted octanol–water partition coefficient (Wildman–Crippen LogP) is 2.89. The van der Waals surface area contributed by atoms with Crippen molar-refractivity contribution in [1.82, 2.24) is 25.2 Å². The van der Waals surface area contributed by atoms with Crippen molar-refractivity contribution < 1.29 is 4.79 Å².